The zero-order valence-electron chi connectivity index (χ0n) is 17.0. The molecule has 1 unspecified atom stereocenters. The van der Waals surface area contributed by atoms with E-state index in [0.717, 1.165) is 55.5 Å². The number of rotatable bonds is 8. The fourth-order valence-corrected chi connectivity index (χ4v) is 4.78. The Kier molecular flexibility index (Phi) is 7.53. The quantitative estimate of drug-likeness (QED) is 0.733. The summed E-state index contributed by atoms with van der Waals surface area (Å²) in [5, 5.41) is 3.96. The van der Waals surface area contributed by atoms with E-state index >= 15 is 0 Å². The molecular formula is C21H30N4O2S. The number of morpholine rings is 1. The number of hydrogen-bond acceptors (Lipinski definition) is 6. The number of carbonyl (C=O) groups excluding carboxylic acids is 1. The van der Waals surface area contributed by atoms with Crippen molar-refractivity contribution in [3.05, 3.63) is 35.0 Å². The van der Waals surface area contributed by atoms with E-state index in [1.165, 1.54) is 11.3 Å². The monoisotopic (exact) mass is 402 g/mol. The predicted octanol–water partition coefficient (Wildman–Crippen LogP) is 3.38. The molecule has 0 saturated carbocycles. The van der Waals surface area contributed by atoms with Gasteiger partial charge in [0.25, 0.3) is 5.91 Å². The number of carbonyl (C=O) groups is 1. The van der Waals surface area contributed by atoms with Crippen molar-refractivity contribution in [1.82, 2.24) is 20.2 Å². The molecule has 0 aromatic carbocycles. The van der Waals surface area contributed by atoms with Crippen molar-refractivity contribution in [1.29, 1.82) is 0 Å². The Morgan fingerprint density at radius 3 is 2.68 bits per heavy atom. The van der Waals surface area contributed by atoms with Gasteiger partial charge < -0.3 is 10.1 Å². The van der Waals surface area contributed by atoms with E-state index in [1.807, 2.05) is 25.1 Å². The van der Waals surface area contributed by atoms with E-state index < -0.39 is 0 Å². The van der Waals surface area contributed by atoms with E-state index in [2.05, 4.69) is 34.0 Å². The van der Waals surface area contributed by atoms with Gasteiger partial charge in [-0.05, 0) is 25.0 Å². The highest BCUT2D eigenvalue weighted by atomic mass is 32.1. The van der Waals surface area contributed by atoms with Crippen molar-refractivity contribution in [3.63, 3.8) is 0 Å². The first-order chi connectivity index (χ1) is 13.6. The molecule has 6 nitrogen and oxygen atoms in total. The van der Waals surface area contributed by atoms with Gasteiger partial charge in [-0.1, -0.05) is 32.8 Å². The molecule has 0 aliphatic carbocycles. The Labute approximate surface area is 171 Å². The van der Waals surface area contributed by atoms with Crippen LogP contribution >= 0.6 is 11.3 Å². The van der Waals surface area contributed by atoms with Crippen molar-refractivity contribution >= 4 is 17.2 Å². The summed E-state index contributed by atoms with van der Waals surface area (Å²) in [4.78, 5) is 24.9. The summed E-state index contributed by atoms with van der Waals surface area (Å²) in [5.74, 6) is 0.520. The molecule has 3 rings (SSSR count). The van der Waals surface area contributed by atoms with E-state index in [0.29, 0.717) is 23.4 Å². The number of amides is 1. The lowest BCUT2D eigenvalue weighted by molar-refractivity contribution is 0.00192. The highest BCUT2D eigenvalue weighted by Gasteiger charge is 2.28. The first kappa shape index (κ1) is 20.9. The van der Waals surface area contributed by atoms with E-state index in [9.17, 15) is 4.79 Å². The average molecular weight is 403 g/mol. The summed E-state index contributed by atoms with van der Waals surface area (Å²) < 4.78 is 5.51. The number of nitrogens with zero attached hydrogens (tertiary/aromatic N) is 3. The fraction of sp³-hybridized carbons (Fsp3) is 0.571. The van der Waals surface area contributed by atoms with Crippen LogP contribution in [0, 0.1) is 12.8 Å². The Morgan fingerprint density at radius 2 is 2.04 bits per heavy atom. The summed E-state index contributed by atoms with van der Waals surface area (Å²) in [6.45, 7) is 10.4. The smallest absolute Gasteiger partial charge is 0.263 e. The van der Waals surface area contributed by atoms with Gasteiger partial charge in [-0.25, -0.2) is 4.98 Å². The number of thiazole rings is 1. The van der Waals surface area contributed by atoms with Crippen molar-refractivity contribution in [2.45, 2.75) is 39.7 Å². The van der Waals surface area contributed by atoms with Crippen LogP contribution in [0.4, 0.5) is 0 Å². The molecule has 1 N–H and O–H groups in total. The van der Waals surface area contributed by atoms with Crippen molar-refractivity contribution in [2.75, 3.05) is 32.8 Å². The average Bonchev–Trinajstić information content (AvgIpc) is 3.14. The Morgan fingerprint density at radius 1 is 1.29 bits per heavy atom. The Hall–Kier alpha value is -1.83. The molecular weight excluding hydrogens is 372 g/mol. The maximum Gasteiger partial charge on any atom is 0.263 e. The summed E-state index contributed by atoms with van der Waals surface area (Å²) in [7, 11) is 0. The number of pyridine rings is 1. The predicted molar refractivity (Wildman–Crippen MR) is 113 cm³/mol. The third-order valence-corrected chi connectivity index (χ3v) is 6.64. The van der Waals surface area contributed by atoms with Gasteiger partial charge in [-0.3, -0.25) is 14.7 Å². The standard InChI is InChI=1S/C21H30N4O2S/c1-4-16(5-2)18(25-10-12-27-13-11-25)14-23-20(26)19-15(3)24-21(28-19)17-8-6-7-9-22-17/h6-9,16,18H,4-5,10-14H2,1-3H3,(H,23,26). The molecule has 7 heteroatoms. The molecule has 152 valence electrons. The van der Waals surface area contributed by atoms with Crippen LogP contribution in [0.5, 0.6) is 0 Å². The van der Waals surface area contributed by atoms with Crippen LogP contribution in [0.15, 0.2) is 24.4 Å². The van der Waals surface area contributed by atoms with E-state index in [4.69, 9.17) is 4.74 Å². The highest BCUT2D eigenvalue weighted by Crippen LogP contribution is 2.26. The molecule has 28 heavy (non-hydrogen) atoms. The Balaban J connectivity index is 1.69. The third-order valence-electron chi connectivity index (χ3n) is 5.47. The summed E-state index contributed by atoms with van der Waals surface area (Å²) in [6.07, 6.45) is 3.96. The molecule has 1 saturated heterocycles. The lowest BCUT2D eigenvalue weighted by atomic mass is 9.92. The number of ether oxygens (including phenoxy) is 1. The minimum atomic E-state index is -0.0404. The van der Waals surface area contributed by atoms with Crippen LogP contribution in [0.1, 0.15) is 42.1 Å². The number of nitrogens with one attached hydrogen (secondary N) is 1. The number of aromatic nitrogens is 2. The fourth-order valence-electron chi connectivity index (χ4n) is 3.82. The molecule has 1 amide bonds. The zero-order valence-corrected chi connectivity index (χ0v) is 17.8. The molecule has 1 aliphatic heterocycles. The molecule has 1 atom stereocenters. The lowest BCUT2D eigenvalue weighted by Gasteiger charge is -2.38. The second kappa shape index (κ2) is 10.1. The second-order valence-electron chi connectivity index (χ2n) is 7.15. The maximum absolute atomic E-state index is 12.9. The van der Waals surface area contributed by atoms with Gasteiger partial charge >= 0.3 is 0 Å². The van der Waals surface area contributed by atoms with Gasteiger partial charge in [0.2, 0.25) is 0 Å². The number of aryl methyl sites for hydroxylation is 1. The van der Waals surface area contributed by atoms with Crippen LogP contribution in [0.3, 0.4) is 0 Å². The van der Waals surface area contributed by atoms with Crippen LogP contribution in [0.25, 0.3) is 10.7 Å². The van der Waals surface area contributed by atoms with Crippen LogP contribution < -0.4 is 5.32 Å². The van der Waals surface area contributed by atoms with Gasteiger partial charge in [-0.15, -0.1) is 11.3 Å². The molecule has 0 radical (unpaired) electrons. The minimum Gasteiger partial charge on any atom is -0.379 e. The Bertz CT molecular complexity index is 755. The number of hydrogen-bond donors (Lipinski definition) is 1. The van der Waals surface area contributed by atoms with Gasteiger partial charge in [0.1, 0.15) is 9.88 Å². The zero-order chi connectivity index (χ0) is 19.9. The molecule has 2 aromatic heterocycles. The summed E-state index contributed by atoms with van der Waals surface area (Å²) in [5.41, 5.74) is 1.56. The molecule has 2 aromatic rings. The van der Waals surface area contributed by atoms with Gasteiger partial charge in [0.05, 0.1) is 24.6 Å². The minimum absolute atomic E-state index is 0.0404. The maximum atomic E-state index is 12.9. The van der Waals surface area contributed by atoms with Gasteiger partial charge in [-0.2, -0.15) is 0 Å². The van der Waals surface area contributed by atoms with Gasteiger partial charge in [0.15, 0.2) is 0 Å². The summed E-state index contributed by atoms with van der Waals surface area (Å²) >= 11 is 1.41. The normalized spacial score (nSPS) is 16.3. The third kappa shape index (κ3) is 4.96. The topological polar surface area (TPSA) is 67.4 Å². The molecule has 3 heterocycles. The highest BCUT2D eigenvalue weighted by molar-refractivity contribution is 7.17. The van der Waals surface area contributed by atoms with Crippen molar-refractivity contribution < 1.29 is 9.53 Å². The lowest BCUT2D eigenvalue weighted by Crippen LogP contribution is -2.52. The molecule has 1 fully saturated rings. The first-order valence-electron chi connectivity index (χ1n) is 10.1. The SMILES string of the molecule is CCC(CC)C(CNC(=O)c1sc(-c2ccccn2)nc1C)N1CCOCC1. The second-order valence-corrected chi connectivity index (χ2v) is 8.15. The van der Waals surface area contributed by atoms with E-state index in [-0.39, 0.29) is 5.91 Å². The van der Waals surface area contributed by atoms with Crippen molar-refractivity contribution in [3.8, 4) is 10.7 Å². The molecule has 0 bridgehead atoms. The molecule has 1 aliphatic rings. The van der Waals surface area contributed by atoms with Gasteiger partial charge in [0, 0.05) is 31.9 Å². The van der Waals surface area contributed by atoms with Crippen LogP contribution in [-0.2, 0) is 4.74 Å². The largest absolute Gasteiger partial charge is 0.379 e. The molecule has 0 spiro atoms. The van der Waals surface area contributed by atoms with Crippen LogP contribution in [0.2, 0.25) is 0 Å². The van der Waals surface area contributed by atoms with E-state index in [1.54, 1.807) is 6.20 Å². The first-order valence-corrected chi connectivity index (χ1v) is 10.9. The van der Waals surface area contributed by atoms with Crippen LogP contribution in [-0.4, -0.2) is 59.7 Å². The van der Waals surface area contributed by atoms with Crippen molar-refractivity contribution in [2.24, 2.45) is 5.92 Å². The summed E-state index contributed by atoms with van der Waals surface area (Å²) in [6, 6.07) is 6.07.